The second kappa shape index (κ2) is 14.8. The number of rotatable bonds is 5. The van der Waals surface area contributed by atoms with E-state index in [9.17, 15) is 26.3 Å². The predicted octanol–water partition coefficient (Wildman–Crippen LogP) is 3.83. The number of nitrogens with zero attached hydrogens (tertiary/aromatic N) is 2. The molecule has 0 amide bonds. The molecular weight excluding hydrogens is 542 g/mol. The minimum atomic E-state index is -5.08. The number of pyridine rings is 1. The van der Waals surface area contributed by atoms with E-state index in [0.717, 1.165) is 76.6 Å². The molecule has 0 spiro atoms. The molecule has 0 bridgehead atoms. The van der Waals surface area contributed by atoms with Crippen LogP contribution < -0.4 is 0 Å². The van der Waals surface area contributed by atoms with E-state index in [1.807, 2.05) is 0 Å². The summed E-state index contributed by atoms with van der Waals surface area (Å²) in [6.07, 6.45) is -5.16. The molecule has 1 aromatic heterocycles. The van der Waals surface area contributed by atoms with Crippen molar-refractivity contribution in [2.45, 2.75) is 69.8 Å². The second-order valence-corrected chi connectivity index (χ2v) is 9.25. The summed E-state index contributed by atoms with van der Waals surface area (Å²) in [6.45, 7) is 7.39. The molecule has 15 heteroatoms. The van der Waals surface area contributed by atoms with Crippen molar-refractivity contribution in [1.29, 1.82) is 0 Å². The minimum absolute atomic E-state index is 0.221. The van der Waals surface area contributed by atoms with E-state index in [1.165, 1.54) is 0 Å². The number of aliphatic carboxylic acids is 2. The standard InChI is InChI=1S/C20H30N2O3.2C2HF3O2/c1-15-3-2-4-17(21-15)13-22-9-12-24-20-18(22)5-6-19(20)25-14-16-7-10-23-11-8-16;2*3-2(4,5)1(6)7/h2-4,16,18-20H,5-14H2,1H3;2*(H,6,7)/t18-,19+,20+;;/m0../s1. The van der Waals surface area contributed by atoms with Crippen LogP contribution >= 0.6 is 0 Å². The van der Waals surface area contributed by atoms with Crippen LogP contribution in [0.15, 0.2) is 18.2 Å². The van der Waals surface area contributed by atoms with E-state index in [0.29, 0.717) is 12.0 Å². The van der Waals surface area contributed by atoms with E-state index in [4.69, 9.17) is 34.0 Å². The Bertz CT molecular complexity index is 901. The van der Waals surface area contributed by atoms with Gasteiger partial charge in [0.1, 0.15) is 0 Å². The number of alkyl halides is 6. The number of carbonyl (C=O) groups is 2. The maximum absolute atomic E-state index is 10.6. The molecule has 1 saturated carbocycles. The Labute approximate surface area is 221 Å². The summed E-state index contributed by atoms with van der Waals surface area (Å²) in [5.41, 5.74) is 2.25. The van der Waals surface area contributed by atoms with E-state index < -0.39 is 24.3 Å². The lowest BCUT2D eigenvalue weighted by molar-refractivity contribution is -0.193. The Morgan fingerprint density at radius 3 is 2.13 bits per heavy atom. The Kier molecular flexibility index (Phi) is 12.4. The maximum Gasteiger partial charge on any atom is 0.490 e. The van der Waals surface area contributed by atoms with Crippen molar-refractivity contribution in [1.82, 2.24) is 9.88 Å². The third-order valence-corrected chi connectivity index (χ3v) is 6.33. The molecule has 3 aliphatic rings. The molecule has 2 aliphatic heterocycles. The van der Waals surface area contributed by atoms with Crippen molar-refractivity contribution in [2.75, 3.05) is 33.0 Å². The Morgan fingerprint density at radius 1 is 1.00 bits per heavy atom. The number of hydrogen-bond acceptors (Lipinski definition) is 7. The van der Waals surface area contributed by atoms with Gasteiger partial charge in [0, 0.05) is 38.0 Å². The molecule has 0 radical (unpaired) electrons. The van der Waals surface area contributed by atoms with Crippen molar-refractivity contribution >= 4 is 11.9 Å². The second-order valence-electron chi connectivity index (χ2n) is 9.25. The Hall–Kier alpha value is -2.49. The molecule has 2 N–H and O–H groups in total. The van der Waals surface area contributed by atoms with Crippen LogP contribution in [-0.4, -0.2) is 95.6 Å². The number of aromatic nitrogens is 1. The van der Waals surface area contributed by atoms with Gasteiger partial charge in [0.15, 0.2) is 0 Å². The molecule has 3 fully saturated rings. The first-order valence-electron chi connectivity index (χ1n) is 12.3. The zero-order chi connectivity index (χ0) is 29.2. The van der Waals surface area contributed by atoms with Gasteiger partial charge < -0.3 is 24.4 Å². The zero-order valence-corrected chi connectivity index (χ0v) is 21.2. The molecule has 9 nitrogen and oxygen atoms in total. The lowest BCUT2D eigenvalue weighted by Crippen LogP contribution is -2.51. The van der Waals surface area contributed by atoms with E-state index in [2.05, 4.69) is 35.0 Å². The highest BCUT2D eigenvalue weighted by molar-refractivity contribution is 5.73. The molecule has 3 atom stereocenters. The van der Waals surface area contributed by atoms with Crippen LogP contribution in [0, 0.1) is 12.8 Å². The third kappa shape index (κ3) is 11.3. The average molecular weight is 575 g/mol. The maximum atomic E-state index is 10.6. The molecule has 1 aromatic rings. The van der Waals surface area contributed by atoms with Gasteiger partial charge in [-0.25, -0.2) is 9.59 Å². The van der Waals surface area contributed by atoms with Gasteiger partial charge in [-0.3, -0.25) is 9.88 Å². The number of fused-ring (bicyclic) bond motifs is 1. The first-order valence-corrected chi connectivity index (χ1v) is 12.3. The topological polar surface area (TPSA) is 118 Å². The summed E-state index contributed by atoms with van der Waals surface area (Å²) in [6, 6.07) is 6.76. The zero-order valence-electron chi connectivity index (χ0n) is 21.2. The van der Waals surface area contributed by atoms with E-state index in [1.54, 1.807) is 0 Å². The van der Waals surface area contributed by atoms with Gasteiger partial charge in [0.05, 0.1) is 31.1 Å². The van der Waals surface area contributed by atoms with Crippen LogP contribution in [-0.2, 0) is 30.3 Å². The lowest BCUT2D eigenvalue weighted by atomic mass is 10.0. The van der Waals surface area contributed by atoms with Crippen LogP contribution in [0.1, 0.15) is 37.1 Å². The largest absolute Gasteiger partial charge is 0.490 e. The molecule has 3 heterocycles. The molecular formula is C24H32F6N2O7. The summed E-state index contributed by atoms with van der Waals surface area (Å²) in [5.74, 6) is -4.86. The highest BCUT2D eigenvalue weighted by Gasteiger charge is 2.43. The van der Waals surface area contributed by atoms with Crippen LogP contribution in [0.3, 0.4) is 0 Å². The molecule has 0 aromatic carbocycles. The number of halogens is 6. The fraction of sp³-hybridized carbons (Fsp3) is 0.708. The Balaban J connectivity index is 0.000000317. The number of hydrogen-bond donors (Lipinski definition) is 2. The number of carboxylic acids is 2. The number of ether oxygens (including phenoxy) is 3. The monoisotopic (exact) mass is 574 g/mol. The van der Waals surface area contributed by atoms with Crippen LogP contribution in [0.4, 0.5) is 26.3 Å². The summed E-state index contributed by atoms with van der Waals surface area (Å²) in [7, 11) is 0. The molecule has 39 heavy (non-hydrogen) atoms. The summed E-state index contributed by atoms with van der Waals surface area (Å²) in [4.78, 5) is 25.0. The molecule has 0 unspecified atom stereocenters. The number of carboxylic acid groups (broad SMARTS) is 2. The normalized spacial score (nSPS) is 24.0. The van der Waals surface area contributed by atoms with Gasteiger partial charge in [-0.15, -0.1) is 0 Å². The molecule has 4 rings (SSSR count). The summed E-state index contributed by atoms with van der Waals surface area (Å²) in [5, 5.41) is 14.2. The molecule has 2 saturated heterocycles. The first kappa shape index (κ1) is 32.7. The van der Waals surface area contributed by atoms with Crippen molar-refractivity contribution in [3.63, 3.8) is 0 Å². The van der Waals surface area contributed by atoms with Crippen LogP contribution in [0.25, 0.3) is 0 Å². The Morgan fingerprint density at radius 2 is 1.59 bits per heavy atom. The smallest absolute Gasteiger partial charge is 0.475 e. The fourth-order valence-corrected chi connectivity index (χ4v) is 4.43. The van der Waals surface area contributed by atoms with Crippen molar-refractivity contribution in [2.24, 2.45) is 5.92 Å². The molecule has 1 aliphatic carbocycles. The van der Waals surface area contributed by atoms with E-state index >= 15 is 0 Å². The average Bonchev–Trinajstić information content (AvgIpc) is 3.27. The van der Waals surface area contributed by atoms with Crippen molar-refractivity contribution in [3.8, 4) is 0 Å². The van der Waals surface area contributed by atoms with Gasteiger partial charge in [-0.05, 0) is 50.7 Å². The first-order chi connectivity index (χ1) is 18.2. The van der Waals surface area contributed by atoms with Gasteiger partial charge >= 0.3 is 24.3 Å². The van der Waals surface area contributed by atoms with Crippen LogP contribution in [0.2, 0.25) is 0 Å². The van der Waals surface area contributed by atoms with Gasteiger partial charge in [-0.2, -0.15) is 26.3 Å². The van der Waals surface area contributed by atoms with E-state index in [-0.39, 0.29) is 12.2 Å². The third-order valence-electron chi connectivity index (χ3n) is 6.33. The van der Waals surface area contributed by atoms with Crippen molar-refractivity contribution < 1.29 is 60.4 Å². The van der Waals surface area contributed by atoms with Gasteiger partial charge in [-0.1, -0.05) is 6.07 Å². The lowest BCUT2D eigenvalue weighted by Gasteiger charge is -2.39. The van der Waals surface area contributed by atoms with Gasteiger partial charge in [0.25, 0.3) is 0 Å². The predicted molar refractivity (Wildman–Crippen MR) is 123 cm³/mol. The fourth-order valence-electron chi connectivity index (χ4n) is 4.43. The summed E-state index contributed by atoms with van der Waals surface area (Å²) < 4.78 is 81.4. The minimum Gasteiger partial charge on any atom is -0.475 e. The number of morpholine rings is 1. The summed E-state index contributed by atoms with van der Waals surface area (Å²) >= 11 is 0. The van der Waals surface area contributed by atoms with Crippen LogP contribution in [0.5, 0.6) is 0 Å². The van der Waals surface area contributed by atoms with Gasteiger partial charge in [0.2, 0.25) is 0 Å². The highest BCUT2D eigenvalue weighted by atomic mass is 19.4. The molecule has 222 valence electrons. The SMILES string of the molecule is Cc1cccc(CN2CCO[C@H]3[C@H](OCC4CCOCC4)CC[C@@H]32)n1.O=C(O)C(F)(F)F.O=C(O)C(F)(F)F. The van der Waals surface area contributed by atoms with Crippen molar-refractivity contribution in [3.05, 3.63) is 29.6 Å². The number of aryl methyl sites for hydroxylation is 1. The quantitative estimate of drug-likeness (QED) is 0.506. The highest BCUT2D eigenvalue weighted by Crippen LogP contribution is 2.33.